The van der Waals surface area contributed by atoms with Gasteiger partial charge in [-0.1, -0.05) is 43.5 Å². The van der Waals surface area contributed by atoms with E-state index in [2.05, 4.69) is 26.6 Å². The Morgan fingerprint density at radius 1 is 0.940 bits per heavy atom. The molecule has 3 aromatic rings. The van der Waals surface area contributed by atoms with Gasteiger partial charge in [0, 0.05) is 18.9 Å². The maximum absolute atomic E-state index is 13.4. The van der Waals surface area contributed by atoms with E-state index in [1.165, 1.54) is 25.5 Å². The first-order valence-electron chi connectivity index (χ1n) is 16.1. The number of carbonyl (C=O) groups is 5. The monoisotopic (exact) mass is 753 g/mol. The van der Waals surface area contributed by atoms with Crippen molar-refractivity contribution in [3.63, 3.8) is 0 Å². The first kappa shape index (κ1) is 37.7. The second-order valence-corrected chi connectivity index (χ2v) is 13.1. The summed E-state index contributed by atoms with van der Waals surface area (Å²) in [7, 11) is 0. The Hall–Kier alpha value is -5.11. The number of amides is 3. The third-order valence-electron chi connectivity index (χ3n) is 8.52. The fraction of sp³-hybridized carbons (Fsp3) is 0.361. The number of ether oxygens (including phenoxy) is 2. The Morgan fingerprint density at radius 3 is 2.22 bits per heavy atom. The number of primary amides is 1. The molecule has 2 unspecified atom stereocenters. The fourth-order valence-corrected chi connectivity index (χ4v) is 6.36. The Balaban J connectivity index is 1.44. The molecule has 0 aromatic heterocycles. The molecule has 0 radical (unpaired) electrons. The summed E-state index contributed by atoms with van der Waals surface area (Å²) in [4.78, 5) is 61.1. The lowest BCUT2D eigenvalue weighted by Crippen LogP contribution is -2.48. The van der Waals surface area contributed by atoms with Crippen molar-refractivity contribution in [3.05, 3.63) is 86.9 Å². The maximum Gasteiger partial charge on any atom is 0.349 e. The third kappa shape index (κ3) is 9.74. The molecule has 14 heteroatoms. The number of rotatable bonds is 15. The number of carbonyl (C=O) groups excluding carboxylic acids is 3. The molecule has 1 aliphatic carbocycles. The topological polar surface area (TPSA) is 215 Å². The van der Waals surface area contributed by atoms with Crippen molar-refractivity contribution in [3.8, 4) is 17.2 Å². The summed E-state index contributed by atoms with van der Waals surface area (Å²) >= 11 is 2.99. The van der Waals surface area contributed by atoms with Crippen LogP contribution in [0.2, 0.25) is 0 Å². The van der Waals surface area contributed by atoms with E-state index in [9.17, 15) is 39.3 Å². The van der Waals surface area contributed by atoms with Crippen LogP contribution in [0.5, 0.6) is 17.2 Å². The minimum atomic E-state index is -1.67. The van der Waals surface area contributed by atoms with Crippen LogP contribution < -0.4 is 25.8 Å². The number of phenolic OH excluding ortho intramolecular Hbond substituents is 1. The molecular weight excluding hydrogens is 714 g/mol. The van der Waals surface area contributed by atoms with Gasteiger partial charge in [-0.3, -0.25) is 14.4 Å². The van der Waals surface area contributed by atoms with Crippen molar-refractivity contribution in [2.45, 2.75) is 70.6 Å². The Morgan fingerprint density at radius 2 is 1.62 bits per heavy atom. The molecule has 3 atom stereocenters. The zero-order valence-corrected chi connectivity index (χ0v) is 29.2. The van der Waals surface area contributed by atoms with Gasteiger partial charge < -0.3 is 41.2 Å². The van der Waals surface area contributed by atoms with Crippen LogP contribution in [0.1, 0.15) is 95.5 Å². The molecule has 0 saturated heterocycles. The quantitative estimate of drug-likeness (QED) is 0.122. The zero-order chi connectivity index (χ0) is 36.5. The fourth-order valence-electron chi connectivity index (χ4n) is 5.83. The largest absolute Gasteiger partial charge is 0.506 e. The first-order chi connectivity index (χ1) is 23.7. The van der Waals surface area contributed by atoms with Gasteiger partial charge in [0.15, 0.2) is 0 Å². The molecule has 4 rings (SSSR count). The van der Waals surface area contributed by atoms with Crippen molar-refractivity contribution in [2.75, 3.05) is 6.61 Å². The van der Waals surface area contributed by atoms with Gasteiger partial charge in [0.1, 0.15) is 23.3 Å². The highest BCUT2D eigenvalue weighted by Gasteiger charge is 2.29. The predicted molar refractivity (Wildman–Crippen MR) is 185 cm³/mol. The van der Waals surface area contributed by atoms with E-state index in [1.807, 2.05) is 0 Å². The second kappa shape index (κ2) is 17.0. The Kier molecular flexibility index (Phi) is 12.8. The molecule has 7 N–H and O–H groups in total. The van der Waals surface area contributed by atoms with Gasteiger partial charge in [0.25, 0.3) is 5.91 Å². The molecular formula is C36H40BrN3O10. The number of phenols is 1. The number of hydrogen-bond donors (Lipinski definition) is 6. The van der Waals surface area contributed by atoms with E-state index < -0.39 is 53.6 Å². The number of benzene rings is 3. The van der Waals surface area contributed by atoms with Crippen LogP contribution in [0, 0.1) is 5.92 Å². The molecule has 3 aromatic carbocycles. The van der Waals surface area contributed by atoms with Gasteiger partial charge in [-0.25, -0.2) is 9.59 Å². The molecule has 13 nitrogen and oxygen atoms in total. The summed E-state index contributed by atoms with van der Waals surface area (Å²) < 4.78 is 11.4. The van der Waals surface area contributed by atoms with Crippen LogP contribution in [0.4, 0.5) is 0 Å². The Bertz CT molecular complexity index is 1740. The molecule has 0 heterocycles. The van der Waals surface area contributed by atoms with E-state index in [4.69, 9.17) is 15.2 Å². The highest BCUT2D eigenvalue weighted by atomic mass is 79.9. The number of hydrogen-bond acceptors (Lipinski definition) is 8. The number of aliphatic carboxylic acids is 1. The number of nitrogens with one attached hydrogen (secondary N) is 2. The van der Waals surface area contributed by atoms with Gasteiger partial charge in [0.2, 0.25) is 17.9 Å². The third-order valence-corrected chi connectivity index (χ3v) is 9.33. The minimum Gasteiger partial charge on any atom is -0.506 e. The van der Waals surface area contributed by atoms with Crippen molar-refractivity contribution in [1.82, 2.24) is 10.6 Å². The van der Waals surface area contributed by atoms with Crippen molar-refractivity contribution in [1.29, 1.82) is 0 Å². The number of aromatic hydroxyl groups is 1. The van der Waals surface area contributed by atoms with Crippen molar-refractivity contribution < 1.29 is 48.8 Å². The van der Waals surface area contributed by atoms with Crippen LogP contribution in [-0.4, -0.2) is 57.6 Å². The highest BCUT2D eigenvalue weighted by Crippen LogP contribution is 2.37. The lowest BCUT2D eigenvalue weighted by molar-refractivity contribution is -0.145. The molecule has 3 amide bonds. The standard InChI is InChI=1S/C36H40BrN3O10/c1-19(23-10-15-29(27(17-23)33(38)43)49-18-22-6-4-3-5-7-22)39-34(44)28(40-20(2)41)16-21-8-11-24(12-9-21)50-32(36(47)48)26-14-13-25(35(45)46)30(37)31(26)42/h8-15,17,19,22,28,32,42H,3-7,16,18H2,1-2H3,(H2,38,43)(H,39,44)(H,40,41)(H,45,46)(H,47,48)/t19?,28-,32?/m0/s1. The number of nitrogens with two attached hydrogens (primary N) is 1. The number of aromatic carboxylic acids is 1. The van der Waals surface area contributed by atoms with Gasteiger partial charge in [-0.15, -0.1) is 0 Å². The highest BCUT2D eigenvalue weighted by molar-refractivity contribution is 9.10. The average Bonchev–Trinajstić information content (AvgIpc) is 3.07. The second-order valence-electron chi connectivity index (χ2n) is 12.3. The molecule has 0 bridgehead atoms. The lowest BCUT2D eigenvalue weighted by Gasteiger charge is -2.23. The smallest absolute Gasteiger partial charge is 0.349 e. The molecule has 50 heavy (non-hydrogen) atoms. The van der Waals surface area contributed by atoms with Gasteiger partial charge in [-0.05, 0) is 83.1 Å². The molecule has 266 valence electrons. The number of carboxylic acid groups (broad SMARTS) is 2. The van der Waals surface area contributed by atoms with E-state index in [1.54, 1.807) is 37.3 Å². The average molecular weight is 755 g/mol. The summed E-state index contributed by atoms with van der Waals surface area (Å²) in [5.74, 6) is -3.96. The maximum atomic E-state index is 13.4. The molecule has 1 fully saturated rings. The van der Waals surface area contributed by atoms with E-state index >= 15 is 0 Å². The van der Waals surface area contributed by atoms with E-state index in [0.29, 0.717) is 29.4 Å². The van der Waals surface area contributed by atoms with Crippen LogP contribution in [0.15, 0.2) is 59.1 Å². The van der Waals surface area contributed by atoms with Crippen molar-refractivity contribution >= 4 is 45.6 Å². The summed E-state index contributed by atoms with van der Waals surface area (Å²) in [6.45, 7) is 3.53. The van der Waals surface area contributed by atoms with Gasteiger partial charge in [0.05, 0.1) is 28.2 Å². The van der Waals surface area contributed by atoms with Crippen LogP contribution in [0.25, 0.3) is 0 Å². The zero-order valence-electron chi connectivity index (χ0n) is 27.6. The molecule has 0 aliphatic heterocycles. The SMILES string of the molecule is CC(=O)N[C@@H](Cc1ccc(OC(C(=O)O)c2ccc(C(=O)O)c(Br)c2O)cc1)C(=O)NC(C)c1ccc(OCC2CCCCC2)c(C(N)=O)c1. The summed E-state index contributed by atoms with van der Waals surface area (Å²) in [5, 5.41) is 35.1. The van der Waals surface area contributed by atoms with Crippen molar-refractivity contribution in [2.24, 2.45) is 11.7 Å². The van der Waals surface area contributed by atoms with Gasteiger partial charge >= 0.3 is 11.9 Å². The number of halogens is 1. The van der Waals surface area contributed by atoms with Gasteiger partial charge in [-0.2, -0.15) is 0 Å². The predicted octanol–water partition coefficient (Wildman–Crippen LogP) is 5.04. The Labute approximate surface area is 297 Å². The van der Waals surface area contributed by atoms with Crippen LogP contribution >= 0.6 is 15.9 Å². The minimum absolute atomic E-state index is 0.0750. The van der Waals surface area contributed by atoms with Crippen LogP contribution in [-0.2, 0) is 20.8 Å². The lowest BCUT2D eigenvalue weighted by atomic mass is 9.90. The normalized spacial score (nSPS) is 14.9. The van der Waals surface area contributed by atoms with E-state index in [-0.39, 0.29) is 33.3 Å². The first-order valence-corrected chi connectivity index (χ1v) is 16.9. The summed E-state index contributed by atoms with van der Waals surface area (Å²) in [6.07, 6.45) is 4.12. The summed E-state index contributed by atoms with van der Waals surface area (Å²) in [5.41, 5.74) is 6.68. The molecule has 1 aliphatic rings. The molecule has 0 spiro atoms. The summed E-state index contributed by atoms with van der Waals surface area (Å²) in [6, 6.07) is 11.9. The molecule has 1 saturated carbocycles. The van der Waals surface area contributed by atoms with Crippen LogP contribution in [0.3, 0.4) is 0 Å². The van der Waals surface area contributed by atoms with E-state index in [0.717, 1.165) is 37.8 Å². The number of carboxylic acids is 2.